The molecule has 0 radical (unpaired) electrons. The van der Waals surface area contributed by atoms with Gasteiger partial charge in [0, 0.05) is 54.4 Å². The zero-order chi connectivity index (χ0) is 21.9. The van der Waals surface area contributed by atoms with Crippen molar-refractivity contribution in [3.8, 4) is 0 Å². The molecule has 6 nitrogen and oxygen atoms in total. The van der Waals surface area contributed by atoms with Gasteiger partial charge in [-0.1, -0.05) is 53.4 Å². The molecule has 0 saturated carbocycles. The van der Waals surface area contributed by atoms with E-state index >= 15 is 0 Å². The molecule has 0 bridgehead atoms. The number of amides is 4. The first kappa shape index (κ1) is 28.7. The lowest BCUT2D eigenvalue weighted by Gasteiger charge is -2.31. The van der Waals surface area contributed by atoms with Crippen molar-refractivity contribution >= 4 is 12.1 Å². The highest BCUT2D eigenvalue weighted by molar-refractivity contribution is 5.74. The fourth-order valence-corrected chi connectivity index (χ4v) is 2.60. The minimum absolute atomic E-state index is 0.0185. The first-order valence-electron chi connectivity index (χ1n) is 11.2. The van der Waals surface area contributed by atoms with Gasteiger partial charge in [-0.3, -0.25) is 0 Å². The second-order valence-corrected chi connectivity index (χ2v) is 7.74. The molecule has 0 aromatic carbocycles. The van der Waals surface area contributed by atoms with Crippen LogP contribution < -0.4 is 0 Å². The standard InChI is InChI=1S/C17H36N2O.C5H12N2O/c1-5-9-13-18(14-10-6-2)17(20)19(15-11-7-3)16-12-8-4;1-6(2)5(8)7(3)4/h5-16H2,1-4H3;1-4H3. The molecule has 0 aliphatic rings. The molecule has 0 aromatic heterocycles. The summed E-state index contributed by atoms with van der Waals surface area (Å²) in [6.07, 6.45) is 9.07. The summed E-state index contributed by atoms with van der Waals surface area (Å²) in [6.45, 7) is 12.4. The van der Waals surface area contributed by atoms with Crippen molar-refractivity contribution in [2.75, 3.05) is 54.4 Å². The van der Waals surface area contributed by atoms with Crippen molar-refractivity contribution in [1.82, 2.24) is 19.6 Å². The molecule has 0 aromatic rings. The van der Waals surface area contributed by atoms with E-state index in [1.807, 2.05) is 0 Å². The van der Waals surface area contributed by atoms with Crippen LogP contribution in [0.4, 0.5) is 9.59 Å². The topological polar surface area (TPSA) is 47.1 Å². The van der Waals surface area contributed by atoms with E-state index in [4.69, 9.17) is 0 Å². The zero-order valence-electron chi connectivity index (χ0n) is 20.1. The van der Waals surface area contributed by atoms with Crippen LogP contribution in [0.1, 0.15) is 79.1 Å². The van der Waals surface area contributed by atoms with Crippen LogP contribution >= 0.6 is 0 Å². The third kappa shape index (κ3) is 14.6. The molecule has 168 valence electrons. The summed E-state index contributed by atoms with van der Waals surface area (Å²) in [7, 11) is 6.90. The Kier molecular flexibility index (Phi) is 19.4. The molecule has 0 heterocycles. The largest absolute Gasteiger partial charge is 0.331 e. The first-order valence-corrected chi connectivity index (χ1v) is 11.2. The van der Waals surface area contributed by atoms with Gasteiger partial charge in [-0.25, -0.2) is 9.59 Å². The lowest BCUT2D eigenvalue weighted by molar-refractivity contribution is 0.149. The van der Waals surface area contributed by atoms with Gasteiger partial charge in [-0.2, -0.15) is 0 Å². The molecule has 0 aliphatic carbocycles. The van der Waals surface area contributed by atoms with Gasteiger partial charge in [0.25, 0.3) is 0 Å². The van der Waals surface area contributed by atoms with Gasteiger partial charge < -0.3 is 19.6 Å². The van der Waals surface area contributed by atoms with E-state index in [0.29, 0.717) is 0 Å². The maximum absolute atomic E-state index is 12.7. The van der Waals surface area contributed by atoms with E-state index in [-0.39, 0.29) is 12.1 Å². The van der Waals surface area contributed by atoms with Crippen molar-refractivity contribution in [1.29, 1.82) is 0 Å². The molecular formula is C22H48N4O2. The predicted molar refractivity (Wildman–Crippen MR) is 121 cm³/mol. The number of hydrogen-bond acceptors (Lipinski definition) is 2. The van der Waals surface area contributed by atoms with E-state index in [0.717, 1.165) is 77.5 Å². The fourth-order valence-electron chi connectivity index (χ4n) is 2.60. The van der Waals surface area contributed by atoms with Crippen molar-refractivity contribution in [3.05, 3.63) is 0 Å². The fraction of sp³-hybridized carbons (Fsp3) is 0.909. The smallest absolute Gasteiger partial charge is 0.319 e. The SMILES string of the molecule is CCCCN(CCCC)C(=O)N(CCCC)CCCC.CN(C)C(=O)N(C)C. The number of hydrogen-bond donors (Lipinski definition) is 0. The Morgan fingerprint density at radius 1 is 0.500 bits per heavy atom. The number of nitrogens with zero attached hydrogens (tertiary/aromatic N) is 4. The van der Waals surface area contributed by atoms with Crippen LogP contribution in [0.5, 0.6) is 0 Å². The lowest BCUT2D eigenvalue weighted by atomic mass is 10.2. The predicted octanol–water partition coefficient (Wildman–Crippen LogP) is 5.14. The van der Waals surface area contributed by atoms with Crippen molar-refractivity contribution in [3.63, 3.8) is 0 Å². The molecule has 0 spiro atoms. The minimum Gasteiger partial charge on any atom is -0.331 e. The number of carbonyl (C=O) groups is 2. The van der Waals surface area contributed by atoms with Gasteiger partial charge in [0.2, 0.25) is 0 Å². The summed E-state index contributed by atoms with van der Waals surface area (Å²) in [5.74, 6) is 0. The molecule has 0 saturated heterocycles. The first-order chi connectivity index (χ1) is 13.3. The van der Waals surface area contributed by atoms with E-state index in [1.54, 1.807) is 28.2 Å². The van der Waals surface area contributed by atoms with Crippen LogP contribution in [0.25, 0.3) is 0 Å². The molecule has 0 atom stereocenters. The van der Waals surface area contributed by atoms with Gasteiger partial charge in [0.05, 0.1) is 0 Å². The molecule has 0 fully saturated rings. The third-order valence-electron chi connectivity index (χ3n) is 4.43. The third-order valence-corrected chi connectivity index (χ3v) is 4.43. The van der Waals surface area contributed by atoms with E-state index in [9.17, 15) is 9.59 Å². The Hall–Kier alpha value is -1.46. The van der Waals surface area contributed by atoms with Crippen molar-refractivity contribution in [2.45, 2.75) is 79.1 Å². The average molecular weight is 401 g/mol. The van der Waals surface area contributed by atoms with Crippen LogP contribution in [0, 0.1) is 0 Å². The van der Waals surface area contributed by atoms with Gasteiger partial charge in [-0.05, 0) is 25.7 Å². The van der Waals surface area contributed by atoms with Crippen LogP contribution in [0.2, 0.25) is 0 Å². The van der Waals surface area contributed by atoms with E-state index < -0.39 is 0 Å². The summed E-state index contributed by atoms with van der Waals surface area (Å²) >= 11 is 0. The highest BCUT2D eigenvalue weighted by atomic mass is 16.2. The normalized spacial score (nSPS) is 10.0. The zero-order valence-corrected chi connectivity index (χ0v) is 20.1. The van der Waals surface area contributed by atoms with Crippen LogP contribution in [-0.2, 0) is 0 Å². The van der Waals surface area contributed by atoms with Crippen molar-refractivity contribution in [2.24, 2.45) is 0 Å². The number of rotatable bonds is 12. The lowest BCUT2D eigenvalue weighted by Crippen LogP contribution is -2.45. The molecule has 0 rings (SSSR count). The number of unbranched alkanes of at least 4 members (excludes halogenated alkanes) is 4. The van der Waals surface area contributed by atoms with Gasteiger partial charge in [-0.15, -0.1) is 0 Å². The molecule has 0 N–H and O–H groups in total. The number of carbonyl (C=O) groups excluding carboxylic acids is 2. The van der Waals surface area contributed by atoms with Crippen LogP contribution in [-0.4, -0.2) is 86.0 Å². The van der Waals surface area contributed by atoms with Gasteiger partial charge in [0.1, 0.15) is 0 Å². The molecule has 0 aliphatic heterocycles. The highest BCUT2D eigenvalue weighted by Gasteiger charge is 2.19. The Balaban J connectivity index is 0. The maximum Gasteiger partial charge on any atom is 0.319 e. The quantitative estimate of drug-likeness (QED) is 0.455. The summed E-state index contributed by atoms with van der Waals surface area (Å²) in [5, 5.41) is 0. The Labute approximate surface area is 175 Å². The minimum atomic E-state index is 0.0185. The Morgan fingerprint density at radius 2 is 0.750 bits per heavy atom. The average Bonchev–Trinajstić information content (AvgIpc) is 2.67. The summed E-state index contributed by atoms with van der Waals surface area (Å²) in [6, 6.07) is 0.291. The molecular weight excluding hydrogens is 352 g/mol. The summed E-state index contributed by atoms with van der Waals surface area (Å²) in [5.41, 5.74) is 0. The second kappa shape index (κ2) is 18.9. The van der Waals surface area contributed by atoms with Gasteiger partial charge >= 0.3 is 12.1 Å². The molecule has 6 heteroatoms. The highest BCUT2D eigenvalue weighted by Crippen LogP contribution is 2.08. The molecule has 0 unspecified atom stereocenters. The Bertz CT molecular complexity index is 339. The second-order valence-electron chi connectivity index (χ2n) is 7.74. The van der Waals surface area contributed by atoms with E-state index in [1.165, 1.54) is 9.80 Å². The van der Waals surface area contributed by atoms with Crippen LogP contribution in [0.3, 0.4) is 0 Å². The molecule has 4 amide bonds. The van der Waals surface area contributed by atoms with Crippen molar-refractivity contribution < 1.29 is 9.59 Å². The summed E-state index contributed by atoms with van der Waals surface area (Å²) < 4.78 is 0. The summed E-state index contributed by atoms with van der Waals surface area (Å²) in [4.78, 5) is 30.6. The van der Waals surface area contributed by atoms with E-state index in [2.05, 4.69) is 37.5 Å². The van der Waals surface area contributed by atoms with Crippen LogP contribution in [0.15, 0.2) is 0 Å². The van der Waals surface area contributed by atoms with Gasteiger partial charge in [0.15, 0.2) is 0 Å². The number of urea groups is 2. The Morgan fingerprint density at radius 3 is 0.893 bits per heavy atom. The maximum atomic E-state index is 12.7. The monoisotopic (exact) mass is 400 g/mol. The molecule has 28 heavy (non-hydrogen) atoms.